The van der Waals surface area contributed by atoms with E-state index >= 15 is 0 Å². The molecule has 2 aliphatic rings. The summed E-state index contributed by atoms with van der Waals surface area (Å²) in [7, 11) is 0. The summed E-state index contributed by atoms with van der Waals surface area (Å²) in [5.41, 5.74) is 1.65. The molecule has 4 rings (SSSR count). The fourth-order valence-electron chi connectivity index (χ4n) is 5.12. The highest BCUT2D eigenvalue weighted by atomic mass is 16.5. The van der Waals surface area contributed by atoms with Gasteiger partial charge in [-0.15, -0.1) is 0 Å². The predicted octanol–water partition coefficient (Wildman–Crippen LogP) is 4.36. The smallest absolute Gasteiger partial charge is 0.187 e. The zero-order valence-corrected chi connectivity index (χ0v) is 16.7. The average Bonchev–Trinajstić information content (AvgIpc) is 2.75. The lowest BCUT2D eigenvalue weighted by Gasteiger charge is -2.47. The van der Waals surface area contributed by atoms with Crippen LogP contribution in [0.4, 0.5) is 0 Å². The summed E-state index contributed by atoms with van der Waals surface area (Å²) in [6.45, 7) is 5.86. The van der Waals surface area contributed by atoms with Gasteiger partial charge in [0.15, 0.2) is 5.78 Å². The maximum absolute atomic E-state index is 13.6. The summed E-state index contributed by atoms with van der Waals surface area (Å²) >= 11 is 0. The van der Waals surface area contributed by atoms with Gasteiger partial charge < -0.3 is 4.74 Å². The number of rotatable bonds is 5. The Morgan fingerprint density at radius 3 is 2.57 bits per heavy atom. The van der Waals surface area contributed by atoms with Crippen LogP contribution < -0.4 is 0 Å². The molecule has 2 atom stereocenters. The fraction of sp³-hybridized carbons (Fsp3) is 0.500. The third-order valence-corrected chi connectivity index (χ3v) is 6.57. The van der Waals surface area contributed by atoms with Gasteiger partial charge in [0, 0.05) is 24.8 Å². The number of piperidine rings is 1. The summed E-state index contributed by atoms with van der Waals surface area (Å²) in [6, 6.07) is 16.3. The van der Waals surface area contributed by atoms with E-state index in [1.807, 2.05) is 18.2 Å². The van der Waals surface area contributed by atoms with Crippen molar-refractivity contribution in [3.8, 4) is 0 Å². The molecule has 0 spiro atoms. The van der Waals surface area contributed by atoms with E-state index in [0.717, 1.165) is 45.3 Å². The highest BCUT2D eigenvalue weighted by Gasteiger charge is 2.49. The molecule has 0 unspecified atom stereocenters. The molecule has 2 saturated heterocycles. The first-order chi connectivity index (χ1) is 13.7. The van der Waals surface area contributed by atoms with E-state index in [1.165, 1.54) is 5.56 Å². The minimum atomic E-state index is -0.329. The van der Waals surface area contributed by atoms with Crippen LogP contribution in [0, 0.1) is 11.3 Å². The van der Waals surface area contributed by atoms with E-state index in [-0.39, 0.29) is 17.3 Å². The summed E-state index contributed by atoms with van der Waals surface area (Å²) in [4.78, 5) is 20.5. The van der Waals surface area contributed by atoms with Gasteiger partial charge in [0.25, 0.3) is 0 Å². The molecule has 2 aromatic rings. The Morgan fingerprint density at radius 1 is 1.14 bits per heavy atom. The minimum Gasteiger partial charge on any atom is -0.378 e. The molecule has 0 aliphatic carbocycles. The number of likely N-dealkylation sites (tertiary alicyclic amines) is 1. The number of hydrogen-bond acceptors (Lipinski definition) is 4. The van der Waals surface area contributed by atoms with Gasteiger partial charge >= 0.3 is 0 Å². The third kappa shape index (κ3) is 4.03. The predicted molar refractivity (Wildman–Crippen MR) is 110 cm³/mol. The molecule has 2 aliphatic heterocycles. The number of ether oxygens (including phenoxy) is 1. The van der Waals surface area contributed by atoms with Crippen LogP contribution in [0.1, 0.15) is 48.7 Å². The number of hydrogen-bond donors (Lipinski definition) is 0. The largest absolute Gasteiger partial charge is 0.378 e. The lowest BCUT2D eigenvalue weighted by atomic mass is 9.62. The van der Waals surface area contributed by atoms with E-state index in [1.54, 1.807) is 6.20 Å². The Bertz CT molecular complexity index is 772. The van der Waals surface area contributed by atoms with Crippen molar-refractivity contribution in [2.45, 2.75) is 45.3 Å². The zero-order valence-electron chi connectivity index (χ0n) is 16.7. The van der Waals surface area contributed by atoms with Crippen molar-refractivity contribution in [2.24, 2.45) is 11.3 Å². The molecule has 1 aromatic heterocycles. The highest BCUT2D eigenvalue weighted by Crippen LogP contribution is 2.47. The first-order valence-electron chi connectivity index (χ1n) is 10.5. The maximum Gasteiger partial charge on any atom is 0.187 e. The number of carbonyl (C=O) groups is 1. The molecule has 0 amide bonds. The van der Waals surface area contributed by atoms with Crippen molar-refractivity contribution in [1.82, 2.24) is 9.88 Å². The molecular formula is C24H30N2O2. The van der Waals surface area contributed by atoms with Gasteiger partial charge in [-0.2, -0.15) is 0 Å². The number of Topliss-reactive ketones (excluding diaryl/α,β-unsaturated/α-hetero) is 1. The van der Waals surface area contributed by atoms with Gasteiger partial charge in [-0.25, -0.2) is 0 Å². The molecule has 4 heteroatoms. The van der Waals surface area contributed by atoms with E-state index < -0.39 is 0 Å². The monoisotopic (exact) mass is 378 g/mol. The first kappa shape index (κ1) is 19.3. The van der Waals surface area contributed by atoms with Crippen LogP contribution in [0.15, 0.2) is 54.7 Å². The Kier molecular flexibility index (Phi) is 5.88. The summed E-state index contributed by atoms with van der Waals surface area (Å²) in [5.74, 6) is 0.630. The standard InChI is InChI=1S/C24H30N2O2/c1-19-17-24(12-16-28-19,23(27)22-9-5-6-13-25-22)21-10-14-26(15-11-21)18-20-7-3-2-4-8-20/h2-9,13,19,21H,10-12,14-18H2,1H3/t19-,24-/m0/s1. The SMILES string of the molecule is C[C@H]1C[C@](C(=O)c2ccccn2)(C2CCN(Cc3ccccc3)CC2)CCO1. The Labute approximate surface area is 167 Å². The van der Waals surface area contributed by atoms with Gasteiger partial charge in [0.05, 0.1) is 6.10 Å². The van der Waals surface area contributed by atoms with Crippen molar-refractivity contribution >= 4 is 5.78 Å². The number of pyridine rings is 1. The number of carbonyl (C=O) groups excluding carboxylic acids is 1. The maximum atomic E-state index is 13.6. The molecule has 28 heavy (non-hydrogen) atoms. The molecule has 4 nitrogen and oxygen atoms in total. The molecule has 0 N–H and O–H groups in total. The topological polar surface area (TPSA) is 42.4 Å². The number of aromatic nitrogens is 1. The van der Waals surface area contributed by atoms with Crippen molar-refractivity contribution in [2.75, 3.05) is 19.7 Å². The Morgan fingerprint density at radius 2 is 1.89 bits per heavy atom. The normalized spacial score (nSPS) is 26.8. The molecule has 0 bridgehead atoms. The van der Waals surface area contributed by atoms with Gasteiger partial charge in [-0.05, 0) is 69.3 Å². The third-order valence-electron chi connectivity index (χ3n) is 6.57. The number of benzene rings is 1. The summed E-state index contributed by atoms with van der Waals surface area (Å²) < 4.78 is 5.83. The van der Waals surface area contributed by atoms with E-state index in [0.29, 0.717) is 18.2 Å². The van der Waals surface area contributed by atoms with Crippen molar-refractivity contribution < 1.29 is 9.53 Å². The number of ketones is 1. The van der Waals surface area contributed by atoms with E-state index in [4.69, 9.17) is 4.74 Å². The summed E-state index contributed by atoms with van der Waals surface area (Å²) in [6.07, 6.45) is 5.62. The van der Waals surface area contributed by atoms with Crippen LogP contribution >= 0.6 is 0 Å². The fourth-order valence-corrected chi connectivity index (χ4v) is 5.12. The van der Waals surface area contributed by atoms with Crippen LogP contribution in [0.2, 0.25) is 0 Å². The Balaban J connectivity index is 1.49. The average molecular weight is 379 g/mol. The number of nitrogens with zero attached hydrogens (tertiary/aromatic N) is 2. The molecule has 2 fully saturated rings. The second-order valence-electron chi connectivity index (χ2n) is 8.37. The lowest BCUT2D eigenvalue weighted by Crippen LogP contribution is -2.49. The van der Waals surface area contributed by atoms with Crippen molar-refractivity contribution in [1.29, 1.82) is 0 Å². The van der Waals surface area contributed by atoms with E-state index in [2.05, 4.69) is 47.1 Å². The van der Waals surface area contributed by atoms with Crippen molar-refractivity contribution in [3.05, 3.63) is 66.0 Å². The first-order valence-corrected chi connectivity index (χ1v) is 10.5. The van der Waals surface area contributed by atoms with Gasteiger partial charge in [-0.3, -0.25) is 14.7 Å². The second-order valence-corrected chi connectivity index (χ2v) is 8.37. The van der Waals surface area contributed by atoms with Gasteiger partial charge in [-0.1, -0.05) is 36.4 Å². The molecule has 0 saturated carbocycles. The highest BCUT2D eigenvalue weighted by molar-refractivity contribution is 5.99. The van der Waals surface area contributed by atoms with Crippen molar-refractivity contribution in [3.63, 3.8) is 0 Å². The Hall–Kier alpha value is -2.04. The minimum absolute atomic E-state index is 0.128. The molecule has 148 valence electrons. The van der Waals surface area contributed by atoms with Gasteiger partial charge in [0.2, 0.25) is 0 Å². The second kappa shape index (κ2) is 8.54. The van der Waals surface area contributed by atoms with Crippen LogP contribution in [0.25, 0.3) is 0 Å². The van der Waals surface area contributed by atoms with Crippen LogP contribution in [-0.2, 0) is 11.3 Å². The molecule has 3 heterocycles. The molecule has 0 radical (unpaired) electrons. The molecule has 1 aromatic carbocycles. The van der Waals surface area contributed by atoms with Crippen LogP contribution in [0.5, 0.6) is 0 Å². The molecular weight excluding hydrogens is 348 g/mol. The summed E-state index contributed by atoms with van der Waals surface area (Å²) in [5, 5.41) is 0. The van der Waals surface area contributed by atoms with Crippen LogP contribution in [0.3, 0.4) is 0 Å². The lowest BCUT2D eigenvalue weighted by molar-refractivity contribution is -0.0595. The quantitative estimate of drug-likeness (QED) is 0.725. The van der Waals surface area contributed by atoms with Gasteiger partial charge in [0.1, 0.15) is 5.69 Å². The van der Waals surface area contributed by atoms with Crippen LogP contribution in [-0.4, -0.2) is 41.5 Å². The zero-order chi connectivity index (χ0) is 19.4. The van der Waals surface area contributed by atoms with E-state index in [9.17, 15) is 4.79 Å².